The molecule has 0 aliphatic carbocycles. The molecule has 0 heterocycles. The molecule has 0 saturated heterocycles. The average Bonchev–Trinajstić information content (AvgIpc) is 2.50. The summed E-state index contributed by atoms with van der Waals surface area (Å²) in [4.78, 5) is 11.5. The highest BCUT2D eigenvalue weighted by atomic mass is 127. The largest absolute Gasteiger partial charge is 0.490 e. The average molecular weight is 406 g/mol. The Labute approximate surface area is 138 Å². The van der Waals surface area contributed by atoms with Crippen LogP contribution in [0.3, 0.4) is 0 Å². The summed E-state index contributed by atoms with van der Waals surface area (Å²) in [6, 6.07) is 5.63. The summed E-state index contributed by atoms with van der Waals surface area (Å²) < 4.78 is 21.5. The second kappa shape index (κ2) is 9.62. The van der Waals surface area contributed by atoms with Crippen LogP contribution < -0.4 is 4.74 Å². The van der Waals surface area contributed by atoms with Gasteiger partial charge in [-0.3, -0.25) is 0 Å². The predicted molar refractivity (Wildman–Crippen MR) is 88.1 cm³/mol. The van der Waals surface area contributed by atoms with Crippen molar-refractivity contribution in [2.75, 3.05) is 34.0 Å². The van der Waals surface area contributed by atoms with E-state index in [0.717, 1.165) is 14.9 Å². The highest BCUT2D eigenvalue weighted by Crippen LogP contribution is 2.24. The predicted octanol–water partition coefficient (Wildman–Crippen LogP) is 2.87. The number of ether oxygens (including phenoxy) is 4. The van der Waals surface area contributed by atoms with Crippen molar-refractivity contribution in [3.8, 4) is 5.75 Å². The Morgan fingerprint density at radius 2 is 2.00 bits per heavy atom. The number of hydrogen-bond acceptors (Lipinski definition) is 5. The van der Waals surface area contributed by atoms with Crippen molar-refractivity contribution in [3.05, 3.63) is 33.1 Å². The number of esters is 1. The van der Waals surface area contributed by atoms with E-state index in [2.05, 4.69) is 27.3 Å². The molecule has 1 aromatic rings. The first-order valence-corrected chi connectivity index (χ1v) is 7.54. The Balaban J connectivity index is 2.85. The first-order valence-electron chi connectivity index (χ1n) is 6.46. The first kappa shape index (κ1) is 17.8. The van der Waals surface area contributed by atoms with Gasteiger partial charge in [-0.2, -0.15) is 0 Å². The number of methoxy groups -OCH3 is 2. The summed E-state index contributed by atoms with van der Waals surface area (Å²) in [6.45, 7) is 3.62. The molecule has 0 spiro atoms. The fraction of sp³-hybridized carbons (Fsp3) is 0.400. The molecule has 0 unspecified atom stereocenters. The number of carbonyl (C=O) groups excluding carboxylic acids is 1. The third-order valence-electron chi connectivity index (χ3n) is 2.55. The molecular formula is C15H19IO5. The van der Waals surface area contributed by atoms with Gasteiger partial charge in [-0.15, -0.1) is 0 Å². The van der Waals surface area contributed by atoms with Crippen molar-refractivity contribution >= 4 is 34.6 Å². The summed E-state index contributed by atoms with van der Waals surface area (Å²) in [6.07, 6.45) is 1.61. The zero-order valence-corrected chi connectivity index (χ0v) is 14.5. The van der Waals surface area contributed by atoms with Crippen molar-refractivity contribution in [3.63, 3.8) is 0 Å². The highest BCUT2D eigenvalue weighted by Gasteiger charge is 2.10. The molecule has 1 aromatic carbocycles. The SMILES string of the molecule is CCOCCOc1cc(/C=C(\OC)C(=O)OC)ccc1I. The van der Waals surface area contributed by atoms with Crippen LogP contribution >= 0.6 is 22.6 Å². The summed E-state index contributed by atoms with van der Waals surface area (Å²) in [5.74, 6) is 0.359. The minimum Gasteiger partial charge on any atom is -0.490 e. The maximum absolute atomic E-state index is 11.5. The Morgan fingerprint density at radius 1 is 1.24 bits per heavy atom. The zero-order chi connectivity index (χ0) is 15.7. The smallest absolute Gasteiger partial charge is 0.373 e. The quantitative estimate of drug-likeness (QED) is 0.219. The lowest BCUT2D eigenvalue weighted by atomic mass is 10.2. The van der Waals surface area contributed by atoms with Crippen LogP contribution in [0.25, 0.3) is 6.08 Å². The molecule has 5 nitrogen and oxygen atoms in total. The third kappa shape index (κ3) is 5.92. The molecule has 21 heavy (non-hydrogen) atoms. The molecule has 116 valence electrons. The zero-order valence-electron chi connectivity index (χ0n) is 12.3. The van der Waals surface area contributed by atoms with Crippen LogP contribution in [0, 0.1) is 3.57 Å². The van der Waals surface area contributed by atoms with Crippen LogP contribution in [0.15, 0.2) is 24.0 Å². The van der Waals surface area contributed by atoms with Gasteiger partial charge in [0.25, 0.3) is 0 Å². The lowest BCUT2D eigenvalue weighted by molar-refractivity contribution is -0.139. The van der Waals surface area contributed by atoms with E-state index in [1.807, 2.05) is 25.1 Å². The minimum atomic E-state index is -0.519. The fourth-order valence-electron chi connectivity index (χ4n) is 1.53. The molecule has 0 N–H and O–H groups in total. The molecule has 0 bridgehead atoms. The molecule has 0 aliphatic heterocycles. The van der Waals surface area contributed by atoms with E-state index in [4.69, 9.17) is 14.2 Å². The second-order valence-electron chi connectivity index (χ2n) is 3.94. The van der Waals surface area contributed by atoms with Gasteiger partial charge in [-0.05, 0) is 53.3 Å². The fourth-order valence-corrected chi connectivity index (χ4v) is 2.02. The van der Waals surface area contributed by atoms with Gasteiger partial charge in [0.2, 0.25) is 5.76 Å². The number of halogens is 1. The minimum absolute atomic E-state index is 0.138. The van der Waals surface area contributed by atoms with E-state index in [1.165, 1.54) is 14.2 Å². The molecule has 0 aromatic heterocycles. The van der Waals surface area contributed by atoms with Crippen molar-refractivity contribution < 1.29 is 23.7 Å². The van der Waals surface area contributed by atoms with Gasteiger partial charge in [-0.25, -0.2) is 4.79 Å². The normalized spacial score (nSPS) is 11.1. The van der Waals surface area contributed by atoms with Gasteiger partial charge in [-0.1, -0.05) is 6.07 Å². The molecule has 0 fully saturated rings. The Kier molecular flexibility index (Phi) is 8.14. The molecule has 1 rings (SSSR count). The summed E-state index contributed by atoms with van der Waals surface area (Å²) in [5.41, 5.74) is 0.795. The molecule has 0 amide bonds. The van der Waals surface area contributed by atoms with Crippen LogP contribution in [0.1, 0.15) is 12.5 Å². The van der Waals surface area contributed by atoms with Gasteiger partial charge >= 0.3 is 5.97 Å². The standard InChI is InChI=1S/C15H19IO5/c1-4-20-7-8-21-13-9-11(5-6-12(13)16)10-14(18-2)15(17)19-3/h5-6,9-10H,4,7-8H2,1-3H3/b14-10-. The molecule has 0 radical (unpaired) electrons. The summed E-state index contributed by atoms with van der Waals surface area (Å²) in [5, 5.41) is 0. The topological polar surface area (TPSA) is 54.0 Å². The number of carbonyl (C=O) groups is 1. The van der Waals surface area contributed by atoms with E-state index >= 15 is 0 Å². The van der Waals surface area contributed by atoms with Crippen LogP contribution in [-0.2, 0) is 19.0 Å². The van der Waals surface area contributed by atoms with E-state index in [-0.39, 0.29) is 5.76 Å². The maximum Gasteiger partial charge on any atom is 0.373 e. The molecule has 0 saturated carbocycles. The van der Waals surface area contributed by atoms with Crippen LogP contribution in [0.5, 0.6) is 5.75 Å². The monoisotopic (exact) mass is 406 g/mol. The van der Waals surface area contributed by atoms with Gasteiger partial charge in [0.15, 0.2) is 0 Å². The van der Waals surface area contributed by atoms with E-state index in [1.54, 1.807) is 6.08 Å². The van der Waals surface area contributed by atoms with Crippen LogP contribution in [0.2, 0.25) is 0 Å². The summed E-state index contributed by atoms with van der Waals surface area (Å²) >= 11 is 2.19. The van der Waals surface area contributed by atoms with Gasteiger partial charge in [0.1, 0.15) is 12.4 Å². The third-order valence-corrected chi connectivity index (χ3v) is 3.44. The van der Waals surface area contributed by atoms with Crippen molar-refractivity contribution in [2.24, 2.45) is 0 Å². The number of rotatable bonds is 8. The Morgan fingerprint density at radius 3 is 2.62 bits per heavy atom. The Hall–Kier alpha value is -1.28. The van der Waals surface area contributed by atoms with Crippen LogP contribution in [-0.4, -0.2) is 40.0 Å². The summed E-state index contributed by atoms with van der Waals surface area (Å²) in [7, 11) is 2.74. The van der Waals surface area contributed by atoms with Crippen molar-refractivity contribution in [1.82, 2.24) is 0 Å². The molecule has 6 heteroatoms. The number of benzene rings is 1. The highest BCUT2D eigenvalue weighted by molar-refractivity contribution is 14.1. The Bertz CT molecular complexity index is 499. The van der Waals surface area contributed by atoms with E-state index < -0.39 is 5.97 Å². The molecule has 0 atom stereocenters. The lowest BCUT2D eigenvalue weighted by Gasteiger charge is -2.10. The van der Waals surface area contributed by atoms with Gasteiger partial charge in [0.05, 0.1) is 24.4 Å². The van der Waals surface area contributed by atoms with Crippen molar-refractivity contribution in [2.45, 2.75) is 6.92 Å². The van der Waals surface area contributed by atoms with Gasteiger partial charge in [0, 0.05) is 6.61 Å². The second-order valence-corrected chi connectivity index (χ2v) is 5.10. The van der Waals surface area contributed by atoms with Crippen LogP contribution in [0.4, 0.5) is 0 Å². The maximum atomic E-state index is 11.5. The van der Waals surface area contributed by atoms with E-state index in [9.17, 15) is 4.79 Å². The van der Waals surface area contributed by atoms with E-state index in [0.29, 0.717) is 19.8 Å². The van der Waals surface area contributed by atoms with Crippen molar-refractivity contribution in [1.29, 1.82) is 0 Å². The lowest BCUT2D eigenvalue weighted by Crippen LogP contribution is -2.07. The molecule has 0 aliphatic rings. The number of hydrogen-bond donors (Lipinski definition) is 0. The molecular weight excluding hydrogens is 387 g/mol. The van der Waals surface area contributed by atoms with Gasteiger partial charge < -0.3 is 18.9 Å². The first-order chi connectivity index (χ1) is 10.1.